The van der Waals surface area contributed by atoms with Gasteiger partial charge in [0.05, 0.1) is 0 Å². The van der Waals surface area contributed by atoms with Crippen molar-refractivity contribution in [3.05, 3.63) is 64.1 Å². The molecule has 0 unspecified atom stereocenters. The number of aromatic nitrogens is 1. The Morgan fingerprint density at radius 1 is 1.10 bits per heavy atom. The van der Waals surface area contributed by atoms with Crippen LogP contribution in [0.1, 0.15) is 43.2 Å². The molecule has 0 saturated heterocycles. The van der Waals surface area contributed by atoms with E-state index in [0.717, 1.165) is 5.56 Å². The van der Waals surface area contributed by atoms with Gasteiger partial charge in [0.1, 0.15) is 12.8 Å². The van der Waals surface area contributed by atoms with Gasteiger partial charge >= 0.3 is 0 Å². The molecule has 1 aliphatic heterocycles. The molecule has 1 amide bonds. The molecule has 0 saturated carbocycles. The highest BCUT2D eigenvalue weighted by Gasteiger charge is 2.38. The highest BCUT2D eigenvalue weighted by Crippen LogP contribution is 2.36. The Morgan fingerprint density at radius 3 is 2.42 bits per heavy atom. The Kier molecular flexibility index (Phi) is 6.61. The van der Waals surface area contributed by atoms with Crippen molar-refractivity contribution in [1.29, 1.82) is 0 Å². The summed E-state index contributed by atoms with van der Waals surface area (Å²) in [5.74, 6) is -0.191. The first kappa shape index (κ1) is 23.1. The number of carbonyl (C=O) groups excluding carboxylic acids is 1. The third kappa shape index (κ3) is 5.02. The van der Waals surface area contributed by atoms with E-state index in [-0.39, 0.29) is 40.6 Å². The third-order valence-corrected chi connectivity index (χ3v) is 10.8. The topological polar surface area (TPSA) is 72.8 Å². The molecule has 7 nitrogen and oxygen atoms in total. The van der Waals surface area contributed by atoms with Crippen LogP contribution in [-0.4, -0.2) is 43.6 Å². The molecule has 0 radical (unpaired) electrons. The zero-order chi connectivity index (χ0) is 22.8. The monoisotopic (exact) mass is 443 g/mol. The van der Waals surface area contributed by atoms with Crippen molar-refractivity contribution >= 4 is 14.2 Å². The first-order valence-electron chi connectivity index (χ1n) is 10.6. The van der Waals surface area contributed by atoms with Crippen LogP contribution in [0.3, 0.4) is 0 Å². The highest BCUT2D eigenvalue weighted by atomic mass is 28.4. The zero-order valence-electron chi connectivity index (χ0n) is 19.3. The van der Waals surface area contributed by atoms with Crippen LogP contribution in [0.2, 0.25) is 18.1 Å². The summed E-state index contributed by atoms with van der Waals surface area (Å²) in [5, 5.41) is 0.131. The molecule has 3 rings (SSSR count). The smallest absolute Gasteiger partial charge is 0.277 e. The van der Waals surface area contributed by atoms with Gasteiger partial charge in [0.15, 0.2) is 19.8 Å². The summed E-state index contributed by atoms with van der Waals surface area (Å²) in [4.78, 5) is 27.2. The number of ether oxygens (including phenoxy) is 1. The third-order valence-electron chi connectivity index (χ3n) is 6.22. The van der Waals surface area contributed by atoms with Crippen LogP contribution < -0.4 is 15.6 Å². The number of nitrogens with zero attached hydrogens (tertiary/aromatic N) is 2. The second kappa shape index (κ2) is 8.88. The SMILES string of the molecule is CN1C(=O)c2c(OCc3ccccc3)c(=O)ccn2N[C@H]1CCO[Si](C)(C)C(C)(C)C. The van der Waals surface area contributed by atoms with Gasteiger partial charge in [-0.25, -0.2) is 0 Å². The van der Waals surface area contributed by atoms with Gasteiger partial charge in [-0.2, -0.15) is 0 Å². The van der Waals surface area contributed by atoms with E-state index in [9.17, 15) is 9.59 Å². The van der Waals surface area contributed by atoms with Crippen LogP contribution in [-0.2, 0) is 11.0 Å². The van der Waals surface area contributed by atoms with E-state index in [1.807, 2.05) is 30.3 Å². The van der Waals surface area contributed by atoms with Gasteiger partial charge in [0.2, 0.25) is 5.43 Å². The van der Waals surface area contributed by atoms with Gasteiger partial charge in [0.25, 0.3) is 5.91 Å². The molecule has 1 aromatic carbocycles. The molecule has 1 N–H and O–H groups in total. The summed E-state index contributed by atoms with van der Waals surface area (Å²) < 4.78 is 13.7. The molecule has 0 bridgehead atoms. The first-order chi connectivity index (χ1) is 14.5. The summed E-state index contributed by atoms with van der Waals surface area (Å²) in [6.45, 7) is 11.8. The Balaban J connectivity index is 1.75. The Morgan fingerprint density at radius 2 is 1.77 bits per heavy atom. The number of hydrogen-bond acceptors (Lipinski definition) is 5. The van der Waals surface area contributed by atoms with Crippen LogP contribution in [0.15, 0.2) is 47.4 Å². The molecule has 1 aromatic heterocycles. The first-order valence-corrected chi connectivity index (χ1v) is 13.5. The number of rotatable bonds is 7. The van der Waals surface area contributed by atoms with Crippen LogP contribution in [0.25, 0.3) is 0 Å². The minimum atomic E-state index is -1.86. The Hall–Kier alpha value is -2.58. The second-order valence-corrected chi connectivity index (χ2v) is 14.3. The molecular formula is C23H33N3O4Si. The molecule has 1 atom stereocenters. The number of benzene rings is 1. The lowest BCUT2D eigenvalue weighted by atomic mass is 10.2. The molecule has 1 aliphatic rings. The fourth-order valence-corrected chi connectivity index (χ4v) is 4.21. The quantitative estimate of drug-likeness (QED) is 0.659. The van der Waals surface area contributed by atoms with E-state index in [4.69, 9.17) is 9.16 Å². The maximum Gasteiger partial charge on any atom is 0.277 e. The average molecular weight is 444 g/mol. The fourth-order valence-electron chi connectivity index (χ4n) is 3.15. The van der Waals surface area contributed by atoms with Crippen LogP contribution in [0.4, 0.5) is 0 Å². The summed E-state index contributed by atoms with van der Waals surface area (Å²) in [6.07, 6.45) is 1.98. The number of amides is 1. The summed E-state index contributed by atoms with van der Waals surface area (Å²) in [6, 6.07) is 11.0. The van der Waals surface area contributed by atoms with E-state index in [1.165, 1.54) is 6.07 Å². The average Bonchev–Trinajstić information content (AvgIpc) is 2.71. The highest BCUT2D eigenvalue weighted by molar-refractivity contribution is 6.74. The minimum Gasteiger partial charge on any atom is -0.482 e. The van der Waals surface area contributed by atoms with Crippen LogP contribution in [0.5, 0.6) is 5.75 Å². The van der Waals surface area contributed by atoms with Crippen LogP contribution in [0, 0.1) is 0 Å². The van der Waals surface area contributed by atoms with E-state index in [1.54, 1.807) is 22.8 Å². The molecule has 31 heavy (non-hydrogen) atoms. The number of hydrogen-bond donors (Lipinski definition) is 1. The number of pyridine rings is 1. The van der Waals surface area contributed by atoms with E-state index in [2.05, 4.69) is 39.3 Å². The lowest BCUT2D eigenvalue weighted by Crippen LogP contribution is -2.53. The predicted octanol–water partition coefficient (Wildman–Crippen LogP) is 3.79. The maximum absolute atomic E-state index is 13.1. The Labute approximate surface area is 185 Å². The maximum atomic E-state index is 13.1. The van der Waals surface area contributed by atoms with Crippen molar-refractivity contribution in [2.75, 3.05) is 19.1 Å². The second-order valence-electron chi connectivity index (χ2n) is 9.46. The summed E-state index contributed by atoms with van der Waals surface area (Å²) in [7, 11) is -0.128. The number of nitrogens with one attached hydrogen (secondary N) is 1. The van der Waals surface area contributed by atoms with Crippen molar-refractivity contribution < 1.29 is 14.0 Å². The standard InChI is InChI=1S/C23H33N3O4Si/c1-23(2,3)31(5,6)30-15-13-19-24-26-14-12-18(27)21(20(26)22(28)25(19)4)29-16-17-10-8-7-9-11-17/h7-12,14,19,24H,13,15-16H2,1-6H3/t19-/m1/s1. The Bertz CT molecular complexity index is 983. The zero-order valence-corrected chi connectivity index (χ0v) is 20.3. The van der Waals surface area contributed by atoms with E-state index >= 15 is 0 Å². The fraction of sp³-hybridized carbons (Fsp3) is 0.478. The molecule has 0 spiro atoms. The summed E-state index contributed by atoms with van der Waals surface area (Å²) >= 11 is 0. The van der Waals surface area contributed by atoms with Gasteiger partial charge < -0.3 is 19.5 Å². The molecule has 8 heteroatoms. The largest absolute Gasteiger partial charge is 0.482 e. The van der Waals surface area contributed by atoms with E-state index in [0.29, 0.717) is 13.0 Å². The van der Waals surface area contributed by atoms with Crippen molar-refractivity contribution in [1.82, 2.24) is 9.58 Å². The van der Waals surface area contributed by atoms with Crippen LogP contribution >= 0.6 is 0 Å². The van der Waals surface area contributed by atoms with Crippen molar-refractivity contribution in [3.63, 3.8) is 0 Å². The molecule has 0 fully saturated rings. The summed E-state index contributed by atoms with van der Waals surface area (Å²) in [5.41, 5.74) is 4.13. The van der Waals surface area contributed by atoms with E-state index < -0.39 is 8.32 Å². The normalized spacial score (nSPS) is 16.6. The lowest BCUT2D eigenvalue weighted by Gasteiger charge is -2.39. The van der Waals surface area contributed by atoms with Crippen molar-refractivity contribution in [3.8, 4) is 5.75 Å². The number of fused-ring (bicyclic) bond motifs is 1. The van der Waals surface area contributed by atoms with Gasteiger partial charge in [0, 0.05) is 32.3 Å². The molecule has 2 heterocycles. The van der Waals surface area contributed by atoms with Crippen molar-refractivity contribution in [2.24, 2.45) is 0 Å². The number of carbonyl (C=O) groups is 1. The molecule has 168 valence electrons. The molecule has 2 aromatic rings. The lowest BCUT2D eigenvalue weighted by molar-refractivity contribution is 0.0664. The van der Waals surface area contributed by atoms with Gasteiger partial charge in [-0.05, 0) is 23.7 Å². The van der Waals surface area contributed by atoms with Crippen molar-refractivity contribution in [2.45, 2.75) is 58.1 Å². The van der Waals surface area contributed by atoms with Gasteiger partial charge in [-0.3, -0.25) is 14.3 Å². The predicted molar refractivity (Wildman–Crippen MR) is 124 cm³/mol. The van der Waals surface area contributed by atoms with Gasteiger partial charge in [-0.1, -0.05) is 51.1 Å². The molecular weight excluding hydrogens is 410 g/mol. The minimum absolute atomic E-state index is 0.0617. The van der Waals surface area contributed by atoms with Gasteiger partial charge in [-0.15, -0.1) is 0 Å². The molecule has 0 aliphatic carbocycles.